The average molecular weight is 366 g/mol. The second-order valence-electron chi connectivity index (χ2n) is 6.59. The summed E-state index contributed by atoms with van der Waals surface area (Å²) in [4.78, 5) is 19.9. The third-order valence-electron chi connectivity index (χ3n) is 4.18. The van der Waals surface area contributed by atoms with Crippen molar-refractivity contribution in [2.24, 2.45) is 0 Å². The van der Waals surface area contributed by atoms with E-state index in [4.69, 9.17) is 9.31 Å². The van der Waals surface area contributed by atoms with Gasteiger partial charge in [-0.25, -0.2) is 9.97 Å². The first-order chi connectivity index (χ1) is 11.1. The third kappa shape index (κ3) is 4.62. The van der Waals surface area contributed by atoms with Crippen LogP contribution in [0.5, 0.6) is 0 Å². The number of nitrogens with zero attached hydrogens (tertiary/aromatic N) is 2. The van der Waals surface area contributed by atoms with Crippen LogP contribution in [-0.4, -0.2) is 45.4 Å². The van der Waals surface area contributed by atoms with Gasteiger partial charge in [0.1, 0.15) is 0 Å². The van der Waals surface area contributed by atoms with Crippen LogP contribution in [0.1, 0.15) is 40.2 Å². The highest BCUT2D eigenvalue weighted by atomic mass is 32.2. The molecule has 0 spiro atoms. The van der Waals surface area contributed by atoms with Crippen LogP contribution < -0.4 is 0 Å². The number of carbonyl (C=O) groups is 1. The van der Waals surface area contributed by atoms with Crippen molar-refractivity contribution in [2.75, 3.05) is 12.0 Å². The van der Waals surface area contributed by atoms with Gasteiger partial charge in [0.05, 0.1) is 11.2 Å². The monoisotopic (exact) mass is 366 g/mol. The molecule has 0 bridgehead atoms. The van der Waals surface area contributed by atoms with Crippen molar-refractivity contribution in [3.63, 3.8) is 0 Å². The summed E-state index contributed by atoms with van der Waals surface area (Å²) < 4.78 is 12.2. The first-order valence-corrected chi connectivity index (χ1v) is 9.91. The first-order valence-electron chi connectivity index (χ1n) is 7.70. The zero-order chi connectivity index (χ0) is 18.0. The number of aromatic nitrogens is 2. The molecule has 5 nitrogen and oxygen atoms in total. The number of carbonyl (C=O) groups excluding carboxylic acids is 1. The minimum Gasteiger partial charge on any atom is -0.400 e. The Hall–Kier alpha value is -0.825. The minimum atomic E-state index is -0.484. The highest BCUT2D eigenvalue weighted by Crippen LogP contribution is 2.39. The van der Waals surface area contributed by atoms with E-state index in [0.717, 1.165) is 16.2 Å². The standard InChI is InChI=1S/C16H23BN2O3S2/c1-11(20)24-10-13(7-12-8-18-14(23-6)19-9-12)17-21-15(2,3)16(4,5)22-17/h7-9H,10H2,1-6H3. The Balaban J connectivity index is 2.27. The highest BCUT2D eigenvalue weighted by Gasteiger charge is 2.52. The molecule has 1 aliphatic heterocycles. The number of hydrogen-bond acceptors (Lipinski definition) is 7. The van der Waals surface area contributed by atoms with Crippen LogP contribution in [0.4, 0.5) is 0 Å². The summed E-state index contributed by atoms with van der Waals surface area (Å²) >= 11 is 2.74. The zero-order valence-electron chi connectivity index (χ0n) is 15.0. The molecule has 0 radical (unpaired) electrons. The van der Waals surface area contributed by atoms with E-state index in [2.05, 4.69) is 9.97 Å². The average Bonchev–Trinajstić information content (AvgIpc) is 2.72. The molecule has 1 aliphatic rings. The van der Waals surface area contributed by atoms with Gasteiger partial charge >= 0.3 is 7.12 Å². The van der Waals surface area contributed by atoms with E-state index in [0.29, 0.717) is 5.75 Å². The molecule has 1 aromatic rings. The Labute approximate surface area is 152 Å². The first kappa shape index (κ1) is 19.5. The maximum atomic E-state index is 11.4. The van der Waals surface area contributed by atoms with Gasteiger partial charge in [-0.2, -0.15) is 0 Å². The maximum Gasteiger partial charge on any atom is 0.491 e. The van der Waals surface area contributed by atoms with E-state index in [1.165, 1.54) is 23.5 Å². The predicted molar refractivity (Wildman–Crippen MR) is 101 cm³/mol. The quantitative estimate of drug-likeness (QED) is 0.449. The topological polar surface area (TPSA) is 61.3 Å². The lowest BCUT2D eigenvalue weighted by atomic mass is 9.78. The van der Waals surface area contributed by atoms with E-state index >= 15 is 0 Å². The van der Waals surface area contributed by atoms with Gasteiger partial charge < -0.3 is 9.31 Å². The van der Waals surface area contributed by atoms with Crippen molar-refractivity contribution in [2.45, 2.75) is 51.0 Å². The lowest BCUT2D eigenvalue weighted by Crippen LogP contribution is -2.41. The van der Waals surface area contributed by atoms with E-state index in [1.807, 2.05) is 40.0 Å². The zero-order valence-corrected chi connectivity index (χ0v) is 16.6. The molecular formula is C16H23BN2O3S2. The van der Waals surface area contributed by atoms with Crippen LogP contribution in [0.25, 0.3) is 6.08 Å². The molecule has 1 saturated heterocycles. The molecule has 0 saturated carbocycles. The van der Waals surface area contributed by atoms with Gasteiger partial charge in [-0.05, 0) is 39.4 Å². The fourth-order valence-corrected chi connectivity index (χ4v) is 2.98. The van der Waals surface area contributed by atoms with Gasteiger partial charge in [-0.1, -0.05) is 29.6 Å². The van der Waals surface area contributed by atoms with Crippen molar-refractivity contribution in [3.8, 4) is 0 Å². The van der Waals surface area contributed by atoms with Crippen LogP contribution in [0.2, 0.25) is 0 Å². The fourth-order valence-electron chi connectivity index (χ4n) is 2.08. The fraction of sp³-hybridized carbons (Fsp3) is 0.562. The molecule has 130 valence electrons. The van der Waals surface area contributed by atoms with Crippen LogP contribution in [0.3, 0.4) is 0 Å². The highest BCUT2D eigenvalue weighted by molar-refractivity contribution is 8.13. The Morgan fingerprint density at radius 1 is 1.21 bits per heavy atom. The number of hydrogen-bond donors (Lipinski definition) is 0. The van der Waals surface area contributed by atoms with E-state index < -0.39 is 18.3 Å². The molecule has 0 aromatic carbocycles. The van der Waals surface area contributed by atoms with Crippen LogP contribution in [-0.2, 0) is 14.1 Å². The van der Waals surface area contributed by atoms with Crippen molar-refractivity contribution in [1.29, 1.82) is 0 Å². The molecule has 1 fully saturated rings. The maximum absolute atomic E-state index is 11.4. The van der Waals surface area contributed by atoms with Gasteiger partial charge in [0, 0.05) is 30.6 Å². The van der Waals surface area contributed by atoms with Gasteiger partial charge in [-0.3, -0.25) is 4.79 Å². The third-order valence-corrected chi connectivity index (χ3v) is 5.64. The summed E-state index contributed by atoms with van der Waals surface area (Å²) in [5, 5.41) is 0.786. The van der Waals surface area contributed by atoms with Crippen molar-refractivity contribution < 1.29 is 14.1 Å². The molecule has 24 heavy (non-hydrogen) atoms. The number of thioether (sulfide) groups is 2. The molecule has 0 aliphatic carbocycles. The Morgan fingerprint density at radius 2 is 1.75 bits per heavy atom. The van der Waals surface area contributed by atoms with E-state index in [9.17, 15) is 4.79 Å². The molecule has 2 rings (SSSR count). The number of rotatable bonds is 5. The molecular weight excluding hydrogens is 343 g/mol. The lowest BCUT2D eigenvalue weighted by molar-refractivity contribution is -0.109. The molecule has 0 amide bonds. The van der Waals surface area contributed by atoms with Crippen LogP contribution in [0, 0.1) is 0 Å². The Bertz CT molecular complexity index is 617. The summed E-state index contributed by atoms with van der Waals surface area (Å²) in [5.74, 6) is 0.510. The summed E-state index contributed by atoms with van der Waals surface area (Å²) in [7, 11) is -0.484. The van der Waals surface area contributed by atoms with Crippen molar-refractivity contribution >= 4 is 41.8 Å². The second-order valence-corrected chi connectivity index (χ2v) is 8.52. The molecule has 2 heterocycles. The molecule has 0 atom stereocenters. The molecule has 8 heteroatoms. The van der Waals surface area contributed by atoms with Gasteiger partial charge in [-0.15, -0.1) is 0 Å². The summed E-state index contributed by atoms with van der Waals surface area (Å²) in [6.45, 7) is 9.61. The normalized spacial score (nSPS) is 19.6. The summed E-state index contributed by atoms with van der Waals surface area (Å²) in [6.07, 6.45) is 7.41. The van der Waals surface area contributed by atoms with Gasteiger partial charge in [0.25, 0.3) is 0 Å². The summed E-state index contributed by atoms with van der Waals surface area (Å²) in [5.41, 5.74) is 0.921. The Morgan fingerprint density at radius 3 is 2.21 bits per heavy atom. The molecule has 1 aromatic heterocycles. The van der Waals surface area contributed by atoms with E-state index in [1.54, 1.807) is 19.3 Å². The van der Waals surface area contributed by atoms with Gasteiger partial charge in [0.2, 0.25) is 0 Å². The van der Waals surface area contributed by atoms with Gasteiger partial charge in [0.15, 0.2) is 10.3 Å². The van der Waals surface area contributed by atoms with Crippen molar-refractivity contribution in [3.05, 3.63) is 23.4 Å². The van der Waals surface area contributed by atoms with E-state index in [-0.39, 0.29) is 5.12 Å². The Kier molecular flexibility index (Phi) is 6.17. The SMILES string of the molecule is CSc1ncc(C=C(CSC(C)=O)B2OC(C)(C)C(C)(C)O2)cn1. The largest absolute Gasteiger partial charge is 0.491 e. The van der Waals surface area contributed by atoms with Crippen LogP contribution in [0.15, 0.2) is 23.0 Å². The molecule has 0 N–H and O–H groups in total. The smallest absolute Gasteiger partial charge is 0.400 e. The predicted octanol–water partition coefficient (Wildman–Crippen LogP) is 3.49. The van der Waals surface area contributed by atoms with Crippen molar-refractivity contribution in [1.82, 2.24) is 9.97 Å². The summed E-state index contributed by atoms with van der Waals surface area (Å²) in [6, 6.07) is 0. The molecule has 0 unspecified atom stereocenters. The lowest BCUT2D eigenvalue weighted by Gasteiger charge is -2.32. The minimum absolute atomic E-state index is 0.0615. The second kappa shape index (κ2) is 7.60. The van der Waals surface area contributed by atoms with Crippen LogP contribution >= 0.6 is 23.5 Å².